The summed E-state index contributed by atoms with van der Waals surface area (Å²) in [7, 11) is 1.55. The van der Waals surface area contributed by atoms with E-state index in [1.165, 1.54) is 0 Å². The molecule has 0 unspecified atom stereocenters. The first-order valence-corrected chi connectivity index (χ1v) is 9.43. The van der Waals surface area contributed by atoms with Gasteiger partial charge in [0.1, 0.15) is 23.7 Å². The van der Waals surface area contributed by atoms with Crippen LogP contribution in [0.15, 0.2) is 66.4 Å². The van der Waals surface area contributed by atoms with E-state index in [2.05, 4.69) is 5.32 Å². The first-order chi connectivity index (χ1) is 14.5. The minimum atomic E-state index is -1.37. The smallest absolute Gasteiger partial charge is 0.329 e. The van der Waals surface area contributed by atoms with Crippen LogP contribution in [-0.4, -0.2) is 53.0 Å². The van der Waals surface area contributed by atoms with Crippen molar-refractivity contribution in [3.63, 3.8) is 0 Å². The fourth-order valence-corrected chi connectivity index (χ4v) is 2.90. The van der Waals surface area contributed by atoms with E-state index in [9.17, 15) is 19.8 Å². The minimum Gasteiger partial charge on any atom is -0.497 e. The average molecular weight is 412 g/mol. The van der Waals surface area contributed by atoms with Crippen molar-refractivity contribution in [2.75, 3.05) is 13.7 Å². The molecular weight excluding hydrogens is 388 g/mol. The van der Waals surface area contributed by atoms with Crippen molar-refractivity contribution in [1.82, 2.24) is 10.2 Å². The molecule has 30 heavy (non-hydrogen) atoms. The van der Waals surface area contributed by atoms with Gasteiger partial charge in [-0.1, -0.05) is 42.5 Å². The molecule has 0 radical (unpaired) electrons. The first kappa shape index (κ1) is 21.5. The Bertz CT molecular complexity index is 898. The van der Waals surface area contributed by atoms with Crippen LogP contribution >= 0.6 is 0 Å². The monoisotopic (exact) mass is 412 g/mol. The van der Waals surface area contributed by atoms with Crippen molar-refractivity contribution in [2.24, 2.45) is 0 Å². The fourth-order valence-electron chi connectivity index (χ4n) is 2.90. The molecule has 158 valence electrons. The molecule has 3 amide bonds. The van der Waals surface area contributed by atoms with Gasteiger partial charge in [-0.25, -0.2) is 4.79 Å². The number of carbonyl (C=O) groups excluding carboxylic acids is 2. The highest BCUT2D eigenvalue weighted by Crippen LogP contribution is 2.18. The maximum Gasteiger partial charge on any atom is 0.329 e. The molecule has 1 heterocycles. The second kappa shape index (κ2) is 10.0. The zero-order valence-corrected chi connectivity index (χ0v) is 16.5. The Morgan fingerprint density at radius 1 is 1.03 bits per heavy atom. The van der Waals surface area contributed by atoms with Crippen LogP contribution in [0.4, 0.5) is 4.79 Å². The number of carbonyl (C=O) groups is 2. The minimum absolute atomic E-state index is 0.0742. The second-order valence-corrected chi connectivity index (χ2v) is 6.81. The lowest BCUT2D eigenvalue weighted by molar-refractivity contribution is -0.123. The van der Waals surface area contributed by atoms with Gasteiger partial charge in [0.2, 0.25) is 0 Å². The number of methoxy groups -OCH3 is 1. The second-order valence-electron chi connectivity index (χ2n) is 6.81. The van der Waals surface area contributed by atoms with Gasteiger partial charge in [-0.05, 0) is 29.3 Å². The molecule has 8 heteroatoms. The highest BCUT2D eigenvalue weighted by molar-refractivity contribution is 6.11. The number of aliphatic hydroxyl groups excluding tert-OH is 2. The molecule has 0 saturated carbocycles. The van der Waals surface area contributed by atoms with E-state index in [4.69, 9.17) is 9.47 Å². The summed E-state index contributed by atoms with van der Waals surface area (Å²) in [5, 5.41) is 22.7. The molecule has 0 bridgehead atoms. The van der Waals surface area contributed by atoms with Gasteiger partial charge in [-0.15, -0.1) is 0 Å². The quantitative estimate of drug-likeness (QED) is 0.426. The maximum absolute atomic E-state index is 12.5. The normalized spacial score (nSPS) is 17.2. The number of hydrogen-bond donors (Lipinski definition) is 3. The van der Waals surface area contributed by atoms with Gasteiger partial charge in [0.15, 0.2) is 0 Å². The van der Waals surface area contributed by atoms with E-state index >= 15 is 0 Å². The third-order valence-electron chi connectivity index (χ3n) is 4.59. The molecule has 2 aromatic rings. The van der Waals surface area contributed by atoms with Crippen molar-refractivity contribution < 1.29 is 29.3 Å². The van der Waals surface area contributed by atoms with Crippen molar-refractivity contribution >= 4 is 11.9 Å². The number of aliphatic hydroxyl groups is 2. The van der Waals surface area contributed by atoms with Crippen molar-refractivity contribution in [3.8, 4) is 5.75 Å². The van der Waals surface area contributed by atoms with Gasteiger partial charge >= 0.3 is 6.03 Å². The molecule has 1 aliphatic heterocycles. The molecule has 3 N–H and O–H groups in total. The Hall–Kier alpha value is -3.20. The number of rotatable bonds is 9. The van der Waals surface area contributed by atoms with Crippen molar-refractivity contribution in [2.45, 2.75) is 25.4 Å². The van der Waals surface area contributed by atoms with Crippen LogP contribution in [0.25, 0.3) is 0 Å². The van der Waals surface area contributed by atoms with E-state index in [0.29, 0.717) is 5.75 Å². The van der Waals surface area contributed by atoms with Crippen LogP contribution in [0.1, 0.15) is 11.1 Å². The molecule has 2 atom stereocenters. The summed E-state index contributed by atoms with van der Waals surface area (Å²) in [6, 6.07) is 15.8. The van der Waals surface area contributed by atoms with Gasteiger partial charge < -0.3 is 25.0 Å². The number of amides is 3. The Balaban J connectivity index is 1.55. The summed E-state index contributed by atoms with van der Waals surface area (Å²) in [5.74, 6) is 0.0930. The van der Waals surface area contributed by atoms with E-state index in [0.717, 1.165) is 22.1 Å². The molecule has 0 aromatic heterocycles. The van der Waals surface area contributed by atoms with Gasteiger partial charge in [-0.3, -0.25) is 9.69 Å². The van der Waals surface area contributed by atoms with Crippen LogP contribution in [0.3, 0.4) is 0 Å². The average Bonchev–Trinajstić information content (AvgIpc) is 3.02. The van der Waals surface area contributed by atoms with E-state index in [-0.39, 0.29) is 25.5 Å². The number of urea groups is 1. The Labute approximate surface area is 174 Å². The van der Waals surface area contributed by atoms with Gasteiger partial charge in [-0.2, -0.15) is 0 Å². The lowest BCUT2D eigenvalue weighted by Gasteiger charge is -2.15. The predicted molar refractivity (Wildman–Crippen MR) is 108 cm³/mol. The Morgan fingerprint density at radius 2 is 1.73 bits per heavy atom. The van der Waals surface area contributed by atoms with Gasteiger partial charge in [0, 0.05) is 0 Å². The number of hydrogen-bond acceptors (Lipinski definition) is 6. The molecule has 1 saturated heterocycles. The lowest BCUT2D eigenvalue weighted by Crippen LogP contribution is -2.30. The highest BCUT2D eigenvalue weighted by atomic mass is 16.5. The summed E-state index contributed by atoms with van der Waals surface area (Å²) >= 11 is 0. The Kier molecular flexibility index (Phi) is 7.18. The zero-order valence-electron chi connectivity index (χ0n) is 16.5. The summed E-state index contributed by atoms with van der Waals surface area (Å²) < 4.78 is 10.5. The molecule has 0 aliphatic carbocycles. The molecular formula is C22H24N2O6. The van der Waals surface area contributed by atoms with Crippen LogP contribution in [-0.2, 0) is 22.7 Å². The number of imide groups is 1. The number of benzene rings is 2. The van der Waals surface area contributed by atoms with Crippen molar-refractivity contribution in [3.05, 3.63) is 77.5 Å². The zero-order chi connectivity index (χ0) is 21.5. The van der Waals surface area contributed by atoms with E-state index < -0.39 is 24.1 Å². The number of nitrogens with one attached hydrogen (secondary N) is 1. The molecule has 2 aromatic carbocycles. The van der Waals surface area contributed by atoms with E-state index in [1.54, 1.807) is 31.4 Å². The Morgan fingerprint density at radius 3 is 2.40 bits per heavy atom. The van der Waals surface area contributed by atoms with Crippen LogP contribution in [0.2, 0.25) is 0 Å². The summed E-state index contributed by atoms with van der Waals surface area (Å²) in [5.41, 5.74) is 1.60. The number of nitrogens with zero attached hydrogens (tertiary/aromatic N) is 1. The third-order valence-corrected chi connectivity index (χ3v) is 4.59. The largest absolute Gasteiger partial charge is 0.497 e. The van der Waals surface area contributed by atoms with Crippen molar-refractivity contribution in [1.29, 1.82) is 0 Å². The predicted octanol–water partition coefficient (Wildman–Crippen LogP) is 1.57. The van der Waals surface area contributed by atoms with Gasteiger partial charge in [0.25, 0.3) is 5.91 Å². The SMILES string of the molecule is COc1ccc(CN2C(=O)N/C(=C\[C@@H](O)[C@H](O)COCc3ccccc3)C2=O)cc1. The summed E-state index contributed by atoms with van der Waals surface area (Å²) in [6.45, 7) is 0.231. The lowest BCUT2D eigenvalue weighted by atomic mass is 10.1. The van der Waals surface area contributed by atoms with Crippen LogP contribution < -0.4 is 10.1 Å². The first-order valence-electron chi connectivity index (χ1n) is 9.43. The maximum atomic E-state index is 12.5. The fraction of sp³-hybridized carbons (Fsp3) is 0.273. The van der Waals surface area contributed by atoms with Gasteiger partial charge in [0.05, 0.1) is 26.9 Å². The third kappa shape index (κ3) is 5.44. The molecule has 0 spiro atoms. The summed E-state index contributed by atoms with van der Waals surface area (Å²) in [6.07, 6.45) is -1.49. The highest BCUT2D eigenvalue weighted by Gasteiger charge is 2.34. The molecule has 1 aliphatic rings. The van der Waals surface area contributed by atoms with Crippen LogP contribution in [0.5, 0.6) is 5.75 Å². The molecule has 3 rings (SSSR count). The number of ether oxygens (including phenoxy) is 2. The standard InChI is InChI=1S/C22H24N2O6/c1-29-17-9-7-15(8-10-17)12-24-21(27)18(23-22(24)28)11-19(25)20(26)14-30-13-16-5-3-2-4-6-16/h2-11,19-20,25-26H,12-14H2,1H3,(H,23,28)/b18-11-/t19-,20-/m1/s1. The van der Waals surface area contributed by atoms with E-state index in [1.807, 2.05) is 30.3 Å². The molecule has 1 fully saturated rings. The van der Waals surface area contributed by atoms with Crippen LogP contribution in [0, 0.1) is 0 Å². The molecule has 8 nitrogen and oxygen atoms in total. The summed E-state index contributed by atoms with van der Waals surface area (Å²) in [4.78, 5) is 25.7. The topological polar surface area (TPSA) is 108 Å².